The number of benzene rings is 1. The Kier molecular flexibility index (Phi) is 7.22. The predicted octanol–water partition coefficient (Wildman–Crippen LogP) is 1.88. The van der Waals surface area contributed by atoms with Gasteiger partial charge in [-0.2, -0.15) is 0 Å². The topological polar surface area (TPSA) is 87.7 Å². The van der Waals surface area contributed by atoms with E-state index in [1.165, 1.54) is 6.07 Å². The SMILES string of the molecule is Cl.Cl.NC[C@@H]1O[C@H](C2CCNCC2)Cc2c1ccc(O)c2O. The smallest absolute Gasteiger partial charge is 0.161 e. The van der Waals surface area contributed by atoms with Crippen molar-refractivity contribution in [2.75, 3.05) is 19.6 Å². The van der Waals surface area contributed by atoms with Crippen LogP contribution in [-0.4, -0.2) is 36.0 Å². The van der Waals surface area contributed by atoms with Gasteiger partial charge in [0.25, 0.3) is 0 Å². The van der Waals surface area contributed by atoms with E-state index in [2.05, 4.69) is 5.32 Å². The van der Waals surface area contributed by atoms with E-state index in [1.807, 2.05) is 0 Å². The quantitative estimate of drug-likeness (QED) is 0.611. The van der Waals surface area contributed by atoms with Gasteiger partial charge in [-0.15, -0.1) is 24.8 Å². The van der Waals surface area contributed by atoms with Crippen LogP contribution in [0.5, 0.6) is 11.5 Å². The van der Waals surface area contributed by atoms with Gasteiger partial charge >= 0.3 is 0 Å². The number of hydrogen-bond acceptors (Lipinski definition) is 5. The molecule has 0 aromatic heterocycles. The molecule has 0 spiro atoms. The van der Waals surface area contributed by atoms with Gasteiger partial charge in [0.05, 0.1) is 12.2 Å². The van der Waals surface area contributed by atoms with E-state index < -0.39 is 0 Å². The second kappa shape index (κ2) is 8.22. The predicted molar refractivity (Wildman–Crippen MR) is 90.2 cm³/mol. The Morgan fingerprint density at radius 3 is 2.50 bits per heavy atom. The largest absolute Gasteiger partial charge is 0.504 e. The lowest BCUT2D eigenvalue weighted by atomic mass is 9.84. The van der Waals surface area contributed by atoms with Crippen LogP contribution >= 0.6 is 24.8 Å². The van der Waals surface area contributed by atoms with Crippen LogP contribution in [0.3, 0.4) is 0 Å². The second-order valence-electron chi connectivity index (χ2n) is 5.69. The molecule has 5 N–H and O–H groups in total. The van der Waals surface area contributed by atoms with Gasteiger partial charge in [-0.25, -0.2) is 0 Å². The first kappa shape index (κ1) is 19.3. The summed E-state index contributed by atoms with van der Waals surface area (Å²) in [5.41, 5.74) is 7.53. The number of nitrogens with one attached hydrogen (secondary N) is 1. The van der Waals surface area contributed by atoms with Crippen molar-refractivity contribution in [3.63, 3.8) is 0 Å². The van der Waals surface area contributed by atoms with Crippen LogP contribution in [0.1, 0.15) is 30.1 Å². The molecular weight excluding hydrogens is 327 g/mol. The Balaban J connectivity index is 0.00000121. The number of phenolic OH excluding ortho intramolecular Hbond substituents is 2. The van der Waals surface area contributed by atoms with E-state index in [9.17, 15) is 10.2 Å². The second-order valence-corrected chi connectivity index (χ2v) is 5.69. The average molecular weight is 351 g/mol. The first-order valence-corrected chi connectivity index (χ1v) is 7.30. The normalized spacial score (nSPS) is 24.8. The van der Waals surface area contributed by atoms with Crippen molar-refractivity contribution in [1.82, 2.24) is 5.32 Å². The van der Waals surface area contributed by atoms with Crippen LogP contribution in [0.2, 0.25) is 0 Å². The van der Waals surface area contributed by atoms with Gasteiger partial charge < -0.3 is 26.0 Å². The van der Waals surface area contributed by atoms with Crippen LogP contribution in [0.15, 0.2) is 12.1 Å². The summed E-state index contributed by atoms with van der Waals surface area (Å²) in [6.07, 6.45) is 2.70. The molecule has 0 saturated carbocycles. The Hall–Kier alpha value is -0.720. The minimum absolute atomic E-state index is 0. The highest BCUT2D eigenvalue weighted by Gasteiger charge is 2.34. The maximum absolute atomic E-state index is 10.1. The standard InChI is InChI=1S/C15H22N2O3.2ClH/c16-8-14-10-1-2-12(18)15(19)11(10)7-13(20-14)9-3-5-17-6-4-9;;/h1-2,9,13-14,17-19H,3-8,16H2;2*1H/t13-,14-;;/m0../s1. The molecule has 2 atom stereocenters. The first-order chi connectivity index (χ1) is 9.70. The van der Waals surface area contributed by atoms with Gasteiger partial charge in [-0.3, -0.25) is 0 Å². The van der Waals surface area contributed by atoms with Crippen molar-refractivity contribution >= 4 is 24.8 Å². The van der Waals surface area contributed by atoms with Gasteiger partial charge in [-0.05, 0) is 43.5 Å². The zero-order valence-corrected chi connectivity index (χ0v) is 14.0. The lowest BCUT2D eigenvalue weighted by molar-refractivity contribution is -0.0580. The van der Waals surface area contributed by atoms with Crippen LogP contribution in [0.4, 0.5) is 0 Å². The maximum Gasteiger partial charge on any atom is 0.161 e. The zero-order valence-electron chi connectivity index (χ0n) is 12.3. The third-order valence-corrected chi connectivity index (χ3v) is 4.51. The summed E-state index contributed by atoms with van der Waals surface area (Å²) >= 11 is 0. The fourth-order valence-electron chi connectivity index (χ4n) is 3.37. The summed E-state index contributed by atoms with van der Waals surface area (Å²) in [6, 6.07) is 3.31. The van der Waals surface area contributed by atoms with E-state index in [1.54, 1.807) is 6.07 Å². The van der Waals surface area contributed by atoms with Gasteiger partial charge in [-0.1, -0.05) is 6.07 Å². The molecule has 1 aromatic carbocycles. The van der Waals surface area contributed by atoms with Gasteiger partial charge in [0.15, 0.2) is 11.5 Å². The molecule has 3 rings (SSSR count). The van der Waals surface area contributed by atoms with E-state index in [-0.39, 0.29) is 48.5 Å². The van der Waals surface area contributed by atoms with Crippen LogP contribution < -0.4 is 11.1 Å². The summed E-state index contributed by atoms with van der Waals surface area (Å²) in [7, 11) is 0. The summed E-state index contributed by atoms with van der Waals surface area (Å²) in [5, 5.41) is 23.2. The molecule has 0 bridgehead atoms. The summed E-state index contributed by atoms with van der Waals surface area (Å²) in [5.74, 6) is 0.411. The van der Waals surface area contributed by atoms with Crippen LogP contribution in [-0.2, 0) is 11.2 Å². The van der Waals surface area contributed by atoms with Crippen molar-refractivity contribution in [3.8, 4) is 11.5 Å². The van der Waals surface area contributed by atoms with E-state index in [0.29, 0.717) is 18.9 Å². The third kappa shape index (κ3) is 3.60. The van der Waals surface area contributed by atoms with Crippen molar-refractivity contribution in [3.05, 3.63) is 23.3 Å². The summed E-state index contributed by atoms with van der Waals surface area (Å²) in [4.78, 5) is 0. The van der Waals surface area contributed by atoms with E-state index in [0.717, 1.165) is 37.1 Å². The molecule has 1 aromatic rings. The number of fused-ring (bicyclic) bond motifs is 1. The van der Waals surface area contributed by atoms with Crippen LogP contribution in [0, 0.1) is 5.92 Å². The summed E-state index contributed by atoms with van der Waals surface area (Å²) < 4.78 is 6.15. The fourth-order valence-corrected chi connectivity index (χ4v) is 3.37. The van der Waals surface area contributed by atoms with E-state index >= 15 is 0 Å². The Morgan fingerprint density at radius 2 is 1.86 bits per heavy atom. The molecule has 0 amide bonds. The number of halogens is 2. The molecule has 0 radical (unpaired) electrons. The molecule has 2 aliphatic rings. The minimum atomic E-state index is -0.190. The zero-order chi connectivity index (χ0) is 14.1. The molecule has 126 valence electrons. The molecule has 22 heavy (non-hydrogen) atoms. The number of nitrogens with two attached hydrogens (primary N) is 1. The molecule has 1 saturated heterocycles. The molecule has 2 aliphatic heterocycles. The number of rotatable bonds is 2. The molecule has 0 aliphatic carbocycles. The molecule has 1 fully saturated rings. The summed E-state index contributed by atoms with van der Waals surface area (Å²) in [6.45, 7) is 2.41. The molecule has 7 heteroatoms. The number of aromatic hydroxyl groups is 2. The number of piperidine rings is 1. The third-order valence-electron chi connectivity index (χ3n) is 4.51. The Labute approximate surface area is 143 Å². The fraction of sp³-hybridized carbons (Fsp3) is 0.600. The average Bonchev–Trinajstić information content (AvgIpc) is 2.51. The minimum Gasteiger partial charge on any atom is -0.504 e. The first-order valence-electron chi connectivity index (χ1n) is 7.30. The number of ether oxygens (including phenoxy) is 1. The lowest BCUT2D eigenvalue weighted by Gasteiger charge is -2.38. The number of phenols is 2. The van der Waals surface area contributed by atoms with Crippen molar-refractivity contribution in [2.24, 2.45) is 11.7 Å². The monoisotopic (exact) mass is 350 g/mol. The molecular formula is C15H24Cl2N2O3. The highest BCUT2D eigenvalue weighted by atomic mass is 35.5. The van der Waals surface area contributed by atoms with Gasteiger partial charge in [0, 0.05) is 18.5 Å². The van der Waals surface area contributed by atoms with Crippen molar-refractivity contribution in [1.29, 1.82) is 0 Å². The Bertz CT molecular complexity index is 496. The van der Waals surface area contributed by atoms with Crippen molar-refractivity contribution in [2.45, 2.75) is 31.5 Å². The molecule has 2 heterocycles. The molecule has 0 unspecified atom stereocenters. The molecule has 5 nitrogen and oxygen atoms in total. The van der Waals surface area contributed by atoms with Crippen LogP contribution in [0.25, 0.3) is 0 Å². The Morgan fingerprint density at radius 1 is 1.18 bits per heavy atom. The van der Waals surface area contributed by atoms with E-state index in [4.69, 9.17) is 10.5 Å². The maximum atomic E-state index is 10.1. The van der Waals surface area contributed by atoms with Crippen molar-refractivity contribution < 1.29 is 14.9 Å². The highest BCUT2D eigenvalue weighted by Crippen LogP contribution is 2.41. The van der Waals surface area contributed by atoms with Gasteiger partial charge in [0.2, 0.25) is 0 Å². The lowest BCUT2D eigenvalue weighted by Crippen LogP contribution is -2.40. The number of hydrogen-bond donors (Lipinski definition) is 4. The van der Waals surface area contributed by atoms with Gasteiger partial charge in [0.1, 0.15) is 0 Å². The highest BCUT2D eigenvalue weighted by molar-refractivity contribution is 5.85.